The topological polar surface area (TPSA) is 49.3 Å². The van der Waals surface area contributed by atoms with Crippen molar-refractivity contribution >= 4 is 19.0 Å². The van der Waals surface area contributed by atoms with Crippen LogP contribution in [0.25, 0.3) is 0 Å². The molecular weight excluding hydrogens is 281 g/mol. The first-order valence-electron chi connectivity index (χ1n) is 7.45. The minimum absolute atomic E-state index is 0.332. The molecule has 1 aliphatic rings. The molecule has 6 heteroatoms. The Morgan fingerprint density at radius 3 is 2.23 bits per heavy atom. The number of rotatable bonds is 6. The SMILES string of the molecule is COCCN=COc1ccc(B2OC(C)(C)C(C)(C)O2)cc1. The number of nitrogens with zero attached hydrogens (tertiary/aromatic N) is 1. The fourth-order valence-electron chi connectivity index (χ4n) is 1.98. The molecule has 1 heterocycles. The molecule has 0 spiro atoms. The van der Waals surface area contributed by atoms with Gasteiger partial charge in [0.2, 0.25) is 0 Å². The number of benzene rings is 1. The first-order valence-corrected chi connectivity index (χ1v) is 7.45. The summed E-state index contributed by atoms with van der Waals surface area (Å²) in [6.45, 7) is 9.34. The largest absolute Gasteiger partial charge is 0.494 e. The van der Waals surface area contributed by atoms with Crippen LogP contribution >= 0.6 is 0 Å². The van der Waals surface area contributed by atoms with Gasteiger partial charge in [-0.05, 0) is 45.3 Å². The summed E-state index contributed by atoms with van der Waals surface area (Å²) in [6.07, 6.45) is 1.43. The van der Waals surface area contributed by atoms with Crippen molar-refractivity contribution < 1.29 is 18.8 Å². The van der Waals surface area contributed by atoms with E-state index in [1.807, 2.05) is 52.0 Å². The Morgan fingerprint density at radius 2 is 1.68 bits per heavy atom. The van der Waals surface area contributed by atoms with Crippen LogP contribution in [0.4, 0.5) is 0 Å². The highest BCUT2D eigenvalue weighted by Crippen LogP contribution is 2.36. The van der Waals surface area contributed by atoms with E-state index in [1.54, 1.807) is 7.11 Å². The third kappa shape index (κ3) is 3.88. The van der Waals surface area contributed by atoms with Crippen molar-refractivity contribution in [1.82, 2.24) is 0 Å². The van der Waals surface area contributed by atoms with E-state index in [1.165, 1.54) is 6.40 Å². The average molecular weight is 305 g/mol. The van der Waals surface area contributed by atoms with Crippen LogP contribution in [0.3, 0.4) is 0 Å². The molecule has 1 fully saturated rings. The molecule has 1 aromatic carbocycles. The zero-order valence-electron chi connectivity index (χ0n) is 14.0. The normalized spacial score (nSPS) is 19.8. The van der Waals surface area contributed by atoms with Gasteiger partial charge >= 0.3 is 7.12 Å². The Labute approximate surface area is 132 Å². The summed E-state index contributed by atoms with van der Waals surface area (Å²) in [5.74, 6) is 0.724. The lowest BCUT2D eigenvalue weighted by Crippen LogP contribution is -2.41. The molecule has 2 rings (SSSR count). The highest BCUT2D eigenvalue weighted by molar-refractivity contribution is 6.62. The molecule has 0 aromatic heterocycles. The summed E-state index contributed by atoms with van der Waals surface area (Å²) in [5, 5.41) is 0. The van der Waals surface area contributed by atoms with Gasteiger partial charge < -0.3 is 18.8 Å². The van der Waals surface area contributed by atoms with E-state index in [-0.39, 0.29) is 18.3 Å². The second-order valence-electron chi connectivity index (χ2n) is 6.28. The van der Waals surface area contributed by atoms with Crippen LogP contribution in [0, 0.1) is 0 Å². The lowest BCUT2D eigenvalue weighted by molar-refractivity contribution is 0.00578. The highest BCUT2D eigenvalue weighted by atomic mass is 16.7. The number of ether oxygens (including phenoxy) is 2. The van der Waals surface area contributed by atoms with Crippen molar-refractivity contribution in [2.45, 2.75) is 38.9 Å². The van der Waals surface area contributed by atoms with Crippen LogP contribution < -0.4 is 10.2 Å². The van der Waals surface area contributed by atoms with Gasteiger partial charge in [-0.25, -0.2) is 0 Å². The number of methoxy groups -OCH3 is 1. The standard InChI is InChI=1S/C16H24BNO4/c1-15(2)16(3,4)22-17(21-15)13-6-8-14(9-7-13)20-12-18-10-11-19-5/h6-9,12H,10-11H2,1-5H3. The summed E-state index contributed by atoms with van der Waals surface area (Å²) in [5.41, 5.74) is 0.309. The van der Waals surface area contributed by atoms with Gasteiger partial charge in [-0.15, -0.1) is 0 Å². The molecule has 5 nitrogen and oxygen atoms in total. The Hall–Kier alpha value is -1.37. The summed E-state index contributed by atoms with van der Waals surface area (Å²) in [6, 6.07) is 7.65. The Morgan fingerprint density at radius 1 is 1.09 bits per heavy atom. The van der Waals surface area contributed by atoms with E-state index < -0.39 is 0 Å². The summed E-state index contributed by atoms with van der Waals surface area (Å²) in [7, 11) is 1.29. The number of hydrogen-bond acceptors (Lipinski definition) is 5. The molecule has 1 aliphatic heterocycles. The van der Waals surface area contributed by atoms with Crippen molar-refractivity contribution in [3.8, 4) is 5.75 Å². The van der Waals surface area contributed by atoms with Gasteiger partial charge in [0.1, 0.15) is 5.75 Å². The zero-order chi connectivity index (χ0) is 16.2. The highest BCUT2D eigenvalue weighted by Gasteiger charge is 2.51. The zero-order valence-corrected chi connectivity index (χ0v) is 14.0. The fraction of sp³-hybridized carbons (Fsp3) is 0.562. The second-order valence-corrected chi connectivity index (χ2v) is 6.28. The van der Waals surface area contributed by atoms with Gasteiger partial charge in [-0.3, -0.25) is 4.99 Å². The van der Waals surface area contributed by atoms with Crippen molar-refractivity contribution in [2.75, 3.05) is 20.3 Å². The monoisotopic (exact) mass is 305 g/mol. The third-order valence-corrected chi connectivity index (χ3v) is 4.09. The van der Waals surface area contributed by atoms with Gasteiger partial charge in [0.25, 0.3) is 0 Å². The Bertz CT molecular complexity index is 497. The molecule has 0 amide bonds. The average Bonchev–Trinajstić information content (AvgIpc) is 2.68. The maximum atomic E-state index is 6.01. The molecule has 22 heavy (non-hydrogen) atoms. The minimum atomic E-state index is -0.352. The molecule has 0 radical (unpaired) electrons. The van der Waals surface area contributed by atoms with E-state index in [4.69, 9.17) is 18.8 Å². The summed E-state index contributed by atoms with van der Waals surface area (Å²) >= 11 is 0. The second kappa shape index (κ2) is 6.81. The van der Waals surface area contributed by atoms with E-state index >= 15 is 0 Å². The maximum absolute atomic E-state index is 6.01. The smallest absolute Gasteiger partial charge is 0.446 e. The first-order chi connectivity index (χ1) is 10.4. The van der Waals surface area contributed by atoms with Gasteiger partial charge in [0.15, 0.2) is 6.40 Å². The molecule has 0 N–H and O–H groups in total. The van der Waals surface area contributed by atoms with E-state index in [0.29, 0.717) is 13.2 Å². The molecule has 0 saturated carbocycles. The lowest BCUT2D eigenvalue weighted by Gasteiger charge is -2.32. The molecule has 1 saturated heterocycles. The summed E-state index contributed by atoms with van der Waals surface area (Å²) in [4.78, 5) is 4.07. The van der Waals surface area contributed by atoms with Crippen molar-refractivity contribution in [2.24, 2.45) is 4.99 Å². The molecule has 1 aromatic rings. The number of hydrogen-bond donors (Lipinski definition) is 0. The third-order valence-electron chi connectivity index (χ3n) is 4.09. The number of aliphatic imine (C=N–C) groups is 1. The van der Waals surface area contributed by atoms with Crippen LogP contribution in [-0.4, -0.2) is 45.0 Å². The van der Waals surface area contributed by atoms with Crippen molar-refractivity contribution in [3.05, 3.63) is 24.3 Å². The molecule has 120 valence electrons. The van der Waals surface area contributed by atoms with Gasteiger partial charge in [-0.1, -0.05) is 12.1 Å². The van der Waals surface area contributed by atoms with Crippen LogP contribution in [0.2, 0.25) is 0 Å². The lowest BCUT2D eigenvalue weighted by atomic mass is 9.79. The van der Waals surface area contributed by atoms with Crippen LogP contribution in [0.15, 0.2) is 29.3 Å². The van der Waals surface area contributed by atoms with Crippen molar-refractivity contribution in [1.29, 1.82) is 0 Å². The van der Waals surface area contributed by atoms with Crippen LogP contribution in [-0.2, 0) is 14.0 Å². The van der Waals surface area contributed by atoms with Gasteiger partial charge in [-0.2, -0.15) is 0 Å². The molecular formula is C16H24BNO4. The summed E-state index contributed by atoms with van der Waals surface area (Å²) < 4.78 is 22.4. The fourth-order valence-corrected chi connectivity index (χ4v) is 1.98. The van der Waals surface area contributed by atoms with Crippen LogP contribution in [0.1, 0.15) is 27.7 Å². The quantitative estimate of drug-likeness (QED) is 0.349. The predicted molar refractivity (Wildman–Crippen MR) is 88.0 cm³/mol. The minimum Gasteiger partial charge on any atom is -0.446 e. The Balaban J connectivity index is 1.94. The molecule has 0 unspecified atom stereocenters. The van der Waals surface area contributed by atoms with Gasteiger partial charge in [0.05, 0.1) is 24.4 Å². The predicted octanol–water partition coefficient (Wildman–Crippen LogP) is 2.04. The molecule has 0 bridgehead atoms. The van der Waals surface area contributed by atoms with E-state index in [2.05, 4.69) is 4.99 Å². The molecule has 0 atom stereocenters. The van der Waals surface area contributed by atoms with Crippen molar-refractivity contribution in [3.63, 3.8) is 0 Å². The maximum Gasteiger partial charge on any atom is 0.494 e. The van der Waals surface area contributed by atoms with Crippen LogP contribution in [0.5, 0.6) is 5.75 Å². The van der Waals surface area contributed by atoms with Gasteiger partial charge in [0, 0.05) is 7.11 Å². The van der Waals surface area contributed by atoms with E-state index in [9.17, 15) is 0 Å². The molecule has 0 aliphatic carbocycles. The Kier molecular flexibility index (Phi) is 5.26. The van der Waals surface area contributed by atoms with E-state index in [0.717, 1.165) is 11.2 Å². The first kappa shape index (κ1) is 17.0.